The van der Waals surface area contributed by atoms with Gasteiger partial charge in [-0.2, -0.15) is 0 Å². The largest absolute Gasteiger partial charge is 0.460 e. The molecule has 0 radical (unpaired) electrons. The molecule has 1 aromatic heterocycles. The van der Waals surface area contributed by atoms with Gasteiger partial charge in [-0.15, -0.1) is 0 Å². The summed E-state index contributed by atoms with van der Waals surface area (Å²) in [5, 5.41) is 1.57. The number of rotatable bonds is 3. The van der Waals surface area contributed by atoms with E-state index in [-0.39, 0.29) is 17.9 Å². The monoisotopic (exact) mass is 423 g/mol. The minimum absolute atomic E-state index is 0.0833. The zero-order chi connectivity index (χ0) is 22.5. The number of esters is 1. The smallest absolute Gasteiger partial charge is 0.308 e. The summed E-state index contributed by atoms with van der Waals surface area (Å²) in [6.45, 7) is 5.57. The second kappa shape index (κ2) is 7.49. The number of hydrogen-bond donors (Lipinski definition) is 0. The Bertz CT molecular complexity index is 1390. The third-order valence-corrected chi connectivity index (χ3v) is 5.85. The first kappa shape index (κ1) is 20.3. The molecule has 3 aromatic carbocycles. The molecule has 1 aliphatic rings. The van der Waals surface area contributed by atoms with Crippen LogP contribution >= 0.6 is 0 Å². The van der Waals surface area contributed by atoms with Gasteiger partial charge in [0.2, 0.25) is 0 Å². The number of carbonyl (C=O) groups excluding carboxylic acids is 1. The molecule has 0 bridgehead atoms. The Morgan fingerprint density at radius 1 is 0.875 bits per heavy atom. The van der Waals surface area contributed by atoms with Gasteiger partial charge in [0, 0.05) is 16.5 Å². The predicted molar refractivity (Wildman–Crippen MR) is 128 cm³/mol. The Morgan fingerprint density at radius 2 is 1.50 bits per heavy atom. The minimum atomic E-state index is -0.582. The lowest BCUT2D eigenvalue weighted by atomic mass is 9.93. The van der Waals surface area contributed by atoms with Crippen molar-refractivity contribution in [3.8, 4) is 22.4 Å². The first-order valence-electron chi connectivity index (χ1n) is 10.9. The molecule has 0 aliphatic carbocycles. The first-order valence-corrected chi connectivity index (χ1v) is 10.9. The van der Waals surface area contributed by atoms with Crippen LogP contribution in [0.15, 0.2) is 83.7 Å². The lowest BCUT2D eigenvalue weighted by molar-refractivity contribution is -0.155. The second-order valence-electron chi connectivity index (χ2n) is 9.20. The van der Waals surface area contributed by atoms with Gasteiger partial charge in [0.05, 0.1) is 18.2 Å². The molecule has 4 heteroatoms. The van der Waals surface area contributed by atoms with E-state index in [4.69, 9.17) is 4.74 Å². The van der Waals surface area contributed by atoms with Crippen LogP contribution in [0.4, 0.5) is 0 Å². The van der Waals surface area contributed by atoms with E-state index in [1.807, 2.05) is 87.5 Å². The van der Waals surface area contributed by atoms with Gasteiger partial charge in [0.15, 0.2) is 0 Å². The topological polar surface area (TPSA) is 48.3 Å². The third-order valence-electron chi connectivity index (χ3n) is 5.85. The number of hydrogen-bond acceptors (Lipinski definition) is 3. The molecule has 0 amide bonds. The van der Waals surface area contributed by atoms with Gasteiger partial charge in [0.1, 0.15) is 5.60 Å². The van der Waals surface area contributed by atoms with Gasteiger partial charge >= 0.3 is 5.97 Å². The van der Waals surface area contributed by atoms with E-state index in [1.54, 1.807) is 4.57 Å². The molecule has 1 aliphatic heterocycles. The fraction of sp³-hybridized carbons (Fsp3) is 0.214. The summed E-state index contributed by atoms with van der Waals surface area (Å²) in [4.78, 5) is 26.6. The summed E-state index contributed by atoms with van der Waals surface area (Å²) in [5.41, 5.74) is 4.22. The number of benzene rings is 3. The molecule has 1 unspecified atom stereocenters. The molecule has 4 nitrogen and oxygen atoms in total. The van der Waals surface area contributed by atoms with E-state index in [9.17, 15) is 9.59 Å². The van der Waals surface area contributed by atoms with E-state index >= 15 is 0 Å². The van der Waals surface area contributed by atoms with E-state index in [2.05, 4.69) is 12.1 Å². The van der Waals surface area contributed by atoms with Crippen molar-refractivity contribution in [3.05, 3.63) is 94.8 Å². The Balaban J connectivity index is 1.82. The molecule has 4 aromatic rings. The summed E-state index contributed by atoms with van der Waals surface area (Å²) in [7, 11) is 0. The number of nitrogens with zero attached hydrogens (tertiary/aromatic N) is 1. The van der Waals surface area contributed by atoms with Crippen LogP contribution in [0, 0.1) is 0 Å². The molecule has 1 atom stereocenters. The highest BCUT2D eigenvalue weighted by Crippen LogP contribution is 2.46. The Labute approximate surface area is 187 Å². The highest BCUT2D eigenvalue weighted by Gasteiger charge is 2.35. The fourth-order valence-corrected chi connectivity index (χ4v) is 4.71. The van der Waals surface area contributed by atoms with Gasteiger partial charge in [-0.25, -0.2) is 0 Å². The Hall–Kier alpha value is -3.66. The van der Waals surface area contributed by atoms with Crippen LogP contribution in [0.5, 0.6) is 0 Å². The maximum Gasteiger partial charge on any atom is 0.308 e. The first-order chi connectivity index (χ1) is 15.3. The zero-order valence-corrected chi connectivity index (χ0v) is 18.5. The van der Waals surface area contributed by atoms with Crippen LogP contribution in [-0.2, 0) is 9.53 Å². The molecule has 0 N–H and O–H groups in total. The van der Waals surface area contributed by atoms with Crippen LogP contribution in [0.1, 0.15) is 38.8 Å². The molecule has 0 spiro atoms. The van der Waals surface area contributed by atoms with Crippen LogP contribution in [0.25, 0.3) is 33.2 Å². The number of ether oxygens (including phenoxy) is 1. The third kappa shape index (κ3) is 3.32. The highest BCUT2D eigenvalue weighted by atomic mass is 16.6. The average molecular weight is 424 g/mol. The van der Waals surface area contributed by atoms with Gasteiger partial charge in [-0.1, -0.05) is 72.8 Å². The zero-order valence-electron chi connectivity index (χ0n) is 18.5. The van der Waals surface area contributed by atoms with Crippen molar-refractivity contribution in [2.45, 2.75) is 38.8 Å². The molecule has 2 heterocycles. The van der Waals surface area contributed by atoms with E-state index in [0.29, 0.717) is 5.39 Å². The number of aromatic nitrogens is 1. The molecule has 32 heavy (non-hydrogen) atoms. The van der Waals surface area contributed by atoms with Crippen LogP contribution in [-0.4, -0.2) is 16.1 Å². The van der Waals surface area contributed by atoms with Gasteiger partial charge in [-0.05, 0) is 43.4 Å². The quantitative estimate of drug-likeness (QED) is 0.382. The Kier molecular flexibility index (Phi) is 4.74. The van der Waals surface area contributed by atoms with Crippen molar-refractivity contribution in [1.29, 1.82) is 0 Å². The minimum Gasteiger partial charge on any atom is -0.460 e. The standard InChI is InChI=1S/C28H25NO3/c1-28(2,3)32-24(30)17-23-19-13-7-9-15-21(19)26-25(18-11-5-4-6-12-18)20-14-8-10-16-22(20)27(31)29(23)26/h4-16,23H,17H2,1-3H3. The van der Waals surface area contributed by atoms with Crippen molar-refractivity contribution in [1.82, 2.24) is 4.57 Å². The number of fused-ring (bicyclic) bond motifs is 4. The van der Waals surface area contributed by atoms with E-state index in [1.165, 1.54) is 0 Å². The summed E-state index contributed by atoms with van der Waals surface area (Å²) >= 11 is 0. The average Bonchev–Trinajstić information content (AvgIpc) is 3.08. The molecular weight excluding hydrogens is 398 g/mol. The summed E-state index contributed by atoms with van der Waals surface area (Å²) in [6.07, 6.45) is 0.105. The van der Waals surface area contributed by atoms with Crippen molar-refractivity contribution < 1.29 is 9.53 Å². The lowest BCUT2D eigenvalue weighted by Gasteiger charge is -2.23. The van der Waals surface area contributed by atoms with E-state index in [0.717, 1.165) is 33.3 Å². The lowest BCUT2D eigenvalue weighted by Crippen LogP contribution is -2.29. The van der Waals surface area contributed by atoms with Crippen molar-refractivity contribution in [3.63, 3.8) is 0 Å². The molecule has 5 rings (SSSR count). The van der Waals surface area contributed by atoms with Crippen molar-refractivity contribution >= 4 is 16.7 Å². The molecule has 160 valence electrons. The van der Waals surface area contributed by atoms with Crippen LogP contribution in [0.3, 0.4) is 0 Å². The Morgan fingerprint density at radius 3 is 2.22 bits per heavy atom. The number of pyridine rings is 1. The van der Waals surface area contributed by atoms with E-state index < -0.39 is 11.6 Å². The van der Waals surface area contributed by atoms with Gasteiger partial charge in [-0.3, -0.25) is 14.2 Å². The highest BCUT2D eigenvalue weighted by molar-refractivity contribution is 6.04. The molecular formula is C28H25NO3. The summed E-state index contributed by atoms with van der Waals surface area (Å²) in [5.74, 6) is -0.313. The van der Waals surface area contributed by atoms with Crippen molar-refractivity contribution in [2.75, 3.05) is 0 Å². The summed E-state index contributed by atoms with van der Waals surface area (Å²) < 4.78 is 7.42. The normalized spacial score (nSPS) is 14.8. The predicted octanol–water partition coefficient (Wildman–Crippen LogP) is 5.97. The SMILES string of the molecule is CC(C)(C)OC(=O)CC1c2ccccc2-c2c(-c3ccccc3)c3ccccc3c(=O)n21. The molecule has 0 fully saturated rings. The van der Waals surface area contributed by atoms with Crippen LogP contribution in [0.2, 0.25) is 0 Å². The number of carbonyl (C=O) groups is 1. The fourth-order valence-electron chi connectivity index (χ4n) is 4.71. The second-order valence-corrected chi connectivity index (χ2v) is 9.20. The van der Waals surface area contributed by atoms with Gasteiger partial charge in [0.25, 0.3) is 5.56 Å². The maximum atomic E-state index is 13.8. The van der Waals surface area contributed by atoms with Gasteiger partial charge < -0.3 is 4.74 Å². The maximum absolute atomic E-state index is 13.8. The van der Waals surface area contributed by atoms with Crippen LogP contribution < -0.4 is 5.56 Å². The molecule has 0 saturated carbocycles. The summed E-state index contributed by atoms with van der Waals surface area (Å²) in [6, 6.07) is 25.4. The van der Waals surface area contributed by atoms with Crippen molar-refractivity contribution in [2.24, 2.45) is 0 Å². The molecule has 0 saturated heterocycles.